The van der Waals surface area contributed by atoms with Crippen molar-refractivity contribution in [3.63, 3.8) is 0 Å². The third-order valence-corrected chi connectivity index (χ3v) is 16.4. The maximum Gasteiger partial charge on any atom is 0.292 e. The van der Waals surface area contributed by atoms with Crippen molar-refractivity contribution in [2.24, 2.45) is 80.3 Å². The van der Waals surface area contributed by atoms with Gasteiger partial charge in [0.1, 0.15) is 31.7 Å². The Kier molecular flexibility index (Phi) is 73.7. The molecule has 31 heteroatoms. The number of isocyanates is 7. The summed E-state index contributed by atoms with van der Waals surface area (Å²) < 4.78 is 54.7. The maximum atomic E-state index is 10.3. The zero-order valence-electron chi connectivity index (χ0n) is 67.5. The molecule has 3 fully saturated rings. The van der Waals surface area contributed by atoms with Crippen molar-refractivity contribution in [1.29, 1.82) is 27.6 Å². The van der Waals surface area contributed by atoms with E-state index in [1.165, 1.54) is 56.4 Å². The van der Waals surface area contributed by atoms with Crippen LogP contribution >= 0.6 is 140 Å². The van der Waals surface area contributed by atoms with Crippen molar-refractivity contribution in [3.05, 3.63) is 59.7 Å². The molecule has 0 saturated heterocycles. The maximum absolute atomic E-state index is 10.3. The summed E-state index contributed by atoms with van der Waals surface area (Å²) in [4.78, 5) is 95.9. The van der Waals surface area contributed by atoms with Crippen LogP contribution in [0.2, 0.25) is 0 Å². The zero-order valence-corrected chi connectivity index (χ0v) is 76.5. The van der Waals surface area contributed by atoms with Gasteiger partial charge in [0, 0.05) is 103 Å². The SMILES string of the molecule is CC(CCN=C=O)CC(C)(C)COC#N.CC(COC#N)CC(C)(C)CCN=C=O.CC1(C)CC(N=C=O)CC(C)(CN=C=O)C1.I.N#COC1CCC(CC2CCC(N=C=O)CC2)CC1.N#COCCCCCCN=C=O.N#COc1ccc(Cc2ccc(N=C=O)cc2)cc1.[2H]C([3H])I.[2H]CI.[2H]CI.[2H]P(I)I.[HH].[HH].[HH].[HH].[HH].[HH].[HH].[HH].[HH].[HH].[HH].[HH].[HH].[HH].[HH].[HH].[HH].[HH].[HH].[HH].[HH].[HH].[HH].[HH].[HH].[HH].[HH].[HH].[HH].[HH].[HH].[HH].[HH].[HH].[HH].[HH].[HH].[HH].[HH].[HH].[HH].[HH].[HH].[HH].[HH].[HH].[HH].[HH].[HH].[HH].[HH].[HH].[HH].[HH].[HH].[HH].[HH].[HH].[HH].[HH].[HH].[HH]. The number of benzene rings is 2. The number of aliphatic imine (C=N–C) groups is 7. The second-order valence-electron chi connectivity index (χ2n) is 27.3. The van der Waals surface area contributed by atoms with Gasteiger partial charge < -0.3 is 23.7 Å². The molecule has 5 unspecified atom stereocenters. The van der Waals surface area contributed by atoms with Crippen molar-refractivity contribution >= 4 is 188 Å². The summed E-state index contributed by atoms with van der Waals surface area (Å²) in [7, 11) is 0. The van der Waals surface area contributed by atoms with E-state index in [9.17, 15) is 33.6 Å². The summed E-state index contributed by atoms with van der Waals surface area (Å²) in [5, 5.41) is 41.5. The third-order valence-electron chi connectivity index (χ3n) is 16.4. The van der Waals surface area contributed by atoms with Gasteiger partial charge in [-0.05, 0) is 263 Å². The number of halogens is 6. The van der Waals surface area contributed by atoms with Crippen LogP contribution in [0.25, 0.3) is 0 Å². The Bertz CT molecular complexity index is 3420. The number of ether oxygens (including phenoxy) is 5. The number of nitrogens with zero attached hydrogens (tertiary/aromatic N) is 12. The number of alkyl halides is 3. The van der Waals surface area contributed by atoms with Crippen LogP contribution in [0.5, 0.6) is 5.75 Å². The highest BCUT2D eigenvalue weighted by molar-refractivity contribution is 14.3. The predicted molar refractivity (Wildman–Crippen MR) is 600 cm³/mol. The van der Waals surface area contributed by atoms with Crippen LogP contribution < -0.4 is 4.74 Å². The first-order valence-corrected chi connectivity index (χ1v) is 44.5. The van der Waals surface area contributed by atoms with E-state index >= 15 is 0 Å². The van der Waals surface area contributed by atoms with E-state index in [-0.39, 0.29) is 152 Å². The van der Waals surface area contributed by atoms with E-state index in [2.05, 4.69) is 144 Å². The molecule has 0 bridgehead atoms. The minimum atomic E-state index is -0.697. The fourth-order valence-electron chi connectivity index (χ4n) is 12.6. The van der Waals surface area contributed by atoms with Gasteiger partial charge in [0.25, 0.3) is 31.3 Å². The van der Waals surface area contributed by atoms with Gasteiger partial charge in [-0.1, -0.05) is 161 Å². The molecule has 0 heterocycles. The lowest BCUT2D eigenvalue weighted by Crippen LogP contribution is -2.39. The highest BCUT2D eigenvalue weighted by Gasteiger charge is 2.41. The molecule has 3 aliphatic carbocycles. The van der Waals surface area contributed by atoms with E-state index < -0.39 is 8.69 Å². The molecule has 3 aliphatic rings. The van der Waals surface area contributed by atoms with Crippen LogP contribution in [0, 0.1) is 103 Å². The number of carbonyl (C=O) groups excluding carboxylic acids is 7. The average Bonchev–Trinajstić information content (AvgIpc) is 0.799. The fourth-order valence-corrected chi connectivity index (χ4v) is 12.6. The van der Waals surface area contributed by atoms with E-state index in [0.717, 1.165) is 126 Å². The van der Waals surface area contributed by atoms with E-state index in [1.807, 2.05) is 82.6 Å². The van der Waals surface area contributed by atoms with Gasteiger partial charge in [-0.15, -0.1) is 29.2 Å². The van der Waals surface area contributed by atoms with E-state index in [4.69, 9.17) is 47.3 Å². The summed E-state index contributed by atoms with van der Waals surface area (Å²) in [6.07, 6.45) is 40.6. The smallest absolute Gasteiger partial charge is 0.292 e. The molecule has 0 aromatic heterocycles. The minimum Gasteiger partial charge on any atom is -0.428 e. The Labute approximate surface area is 815 Å². The first-order chi connectivity index (χ1) is 52.3. The molecule has 712 valence electrons. The summed E-state index contributed by atoms with van der Waals surface area (Å²) in [6.45, 7) is 22.4. The molecule has 106 heavy (non-hydrogen) atoms. The molecule has 2 aromatic rings. The van der Waals surface area contributed by atoms with Crippen LogP contribution in [0.4, 0.5) is 5.69 Å². The Balaban J connectivity index is -0.0000000106. The molecule has 0 aliphatic heterocycles. The largest absolute Gasteiger partial charge is 0.428 e. The van der Waals surface area contributed by atoms with Crippen molar-refractivity contribution in [2.75, 3.05) is 60.7 Å². The second kappa shape index (κ2) is 77.1. The van der Waals surface area contributed by atoms with Crippen LogP contribution in [-0.4, -0.2) is 123 Å². The van der Waals surface area contributed by atoms with Crippen molar-refractivity contribution in [1.82, 2.24) is 0 Å². The molecule has 24 nitrogen and oxygen atoms in total. The first-order valence-electron chi connectivity index (χ1n) is 36.8. The Hall–Kier alpha value is -4.64. The highest BCUT2D eigenvalue weighted by atomic mass is 127. The number of rotatable bonds is 32. The van der Waals surface area contributed by atoms with Gasteiger partial charge >= 0.3 is 0 Å². The molecule has 0 amide bonds. The number of unbranched alkanes of at least 4 members (excludes halogenated alkanes) is 3. The lowest BCUT2D eigenvalue weighted by molar-refractivity contribution is 0.0913. The zero-order chi connectivity index (χ0) is 84.3. The Morgan fingerprint density at radius 1 is 0.623 bits per heavy atom. The minimum absolute atomic E-state index is 0. The molecular weight excluding hydrogens is 2050 g/mol. The molecule has 5 rings (SSSR count). The van der Waals surface area contributed by atoms with Gasteiger partial charge in [-0.25, -0.2) is 63.5 Å². The Morgan fingerprint density at radius 3 is 1.61 bits per heavy atom. The summed E-state index contributed by atoms with van der Waals surface area (Å²) in [5.41, 5.74) is 2.96. The quantitative estimate of drug-likeness (QED) is 0.0125. The van der Waals surface area contributed by atoms with Crippen molar-refractivity contribution in [2.45, 2.75) is 215 Å². The monoisotopic (exact) mass is 2290 g/mol. The predicted octanol–water partition coefficient (Wildman–Crippen LogP) is 36.0. The molecular formula is C75H233I6N12O12P. The normalized spacial score (nSPS) is 18.5. The van der Waals surface area contributed by atoms with Crippen LogP contribution in [0.3, 0.4) is 0 Å². The van der Waals surface area contributed by atoms with Crippen molar-refractivity contribution < 1.29 is 151 Å². The molecule has 0 N–H and O–H groups in total. The van der Waals surface area contributed by atoms with E-state index in [0.29, 0.717) is 79.1 Å². The number of hydrogen-bond donors (Lipinski definition) is 0. The molecule has 5 atom stereocenters. The number of hydrogen-bond acceptors (Lipinski definition) is 24. The number of nitriles is 5. The van der Waals surface area contributed by atoms with Gasteiger partial charge in [0.2, 0.25) is 42.6 Å². The molecule has 0 spiro atoms. The van der Waals surface area contributed by atoms with Gasteiger partial charge in [-0.3, -0.25) is 0 Å². The van der Waals surface area contributed by atoms with Crippen LogP contribution in [0.1, 0.15) is 296 Å². The van der Waals surface area contributed by atoms with Crippen LogP contribution in [0.15, 0.2) is 83.5 Å². The molecule has 0 radical (unpaired) electrons. The van der Waals surface area contributed by atoms with Gasteiger partial charge in [0.05, 0.1) is 45.2 Å². The lowest BCUT2D eigenvalue weighted by Gasteiger charge is -2.44. The molecule has 3 saturated carbocycles. The lowest BCUT2D eigenvalue weighted by atomic mass is 9.63. The van der Waals surface area contributed by atoms with Gasteiger partial charge in [0.15, 0.2) is 0 Å². The summed E-state index contributed by atoms with van der Waals surface area (Å²) >= 11 is 9.71. The van der Waals surface area contributed by atoms with Crippen LogP contribution in [-0.2, 0) is 58.9 Å². The highest BCUT2D eigenvalue weighted by Crippen LogP contribution is 2.47. The van der Waals surface area contributed by atoms with E-state index in [1.54, 1.807) is 90.1 Å². The molecule has 2 aromatic carbocycles. The second-order valence-corrected chi connectivity index (χ2v) is 35.9. The first kappa shape index (κ1) is 101. The standard InChI is InChI=1S/C15H22N2O2.C15H10N2O2.C12H18N2O2.2C11H18N2O2.C8H12N2O2.3CH3I.HI2P.HI.62H2/c2*16-10-19-15-7-3-13(4-8-15)9-12-1-5-14(6-2-12)17-11-18;1-11(2)4-10(14-9-16)5-12(3,6-11)7-13-8-15;1-10(7-15-8-12)6-11(2,3)4-5-13-9-14;1-10(4-5-13-9-14)6-11(2,3)7-15-8-12;9-7-12-6-4-2-1-3-5-10-8-11;3*1-2;1-3-2;;;;;;;;;;;;;;;;;;;;;;;;;;;;;;;;;;;;;;;;;;;;;;;;;;;;;;;;;;;;;;;/h12-15H,1-9H2;1-8H,9H2;10H,4-7H2,1-3H3;2*10H,4-7H2,1-3H3;1-6H2;3*1H3;3H;63*1H/i;;;;;;1TD;2*1D;3D;;;;;;;;;;;;;;;;;;;;;;;;;;;;;;;;;;;;;;;;;;;;;;;;;;;;;;;;;;;;;;;. The fraction of sp³-hybridized carbons (Fsp3) is 0.680. The average molecular weight is 2290 g/mol. The van der Waals surface area contributed by atoms with Gasteiger partial charge in [-0.2, -0.15) is 26.0 Å². The Morgan fingerprint density at radius 2 is 1.11 bits per heavy atom. The third kappa shape index (κ3) is 68.6. The summed E-state index contributed by atoms with van der Waals surface area (Å²) in [5.74, 6) is 2.92. The topological polar surface area (TPSA) is 371 Å². The van der Waals surface area contributed by atoms with Crippen molar-refractivity contribution in [3.8, 4) is 37.0 Å². The summed E-state index contributed by atoms with van der Waals surface area (Å²) in [6, 6.07) is 14.9.